The summed E-state index contributed by atoms with van der Waals surface area (Å²) in [6.07, 6.45) is 2.60. The highest BCUT2D eigenvalue weighted by molar-refractivity contribution is 7.89. The lowest BCUT2D eigenvalue weighted by molar-refractivity contribution is 0.446. The minimum absolute atomic E-state index is 0.288. The molecule has 0 spiro atoms. The van der Waals surface area contributed by atoms with Crippen molar-refractivity contribution in [3.8, 4) is 6.07 Å². The maximum Gasteiger partial charge on any atom is 0.243 e. The van der Waals surface area contributed by atoms with Gasteiger partial charge in [-0.05, 0) is 18.9 Å². The van der Waals surface area contributed by atoms with Gasteiger partial charge in [-0.25, -0.2) is 12.8 Å². The highest BCUT2D eigenvalue weighted by atomic mass is 32.2. The van der Waals surface area contributed by atoms with Crippen molar-refractivity contribution >= 4 is 10.0 Å². The minimum Gasteiger partial charge on any atom is -0.260 e. The molecule has 0 aliphatic carbocycles. The predicted octanol–water partition coefficient (Wildman–Crippen LogP) is 1.58. The van der Waals surface area contributed by atoms with E-state index in [1.54, 1.807) is 13.8 Å². The number of rotatable bonds is 5. The van der Waals surface area contributed by atoms with Crippen molar-refractivity contribution in [2.75, 3.05) is 0 Å². The van der Waals surface area contributed by atoms with Crippen molar-refractivity contribution in [3.05, 3.63) is 24.3 Å². The molecule has 0 aliphatic rings. The van der Waals surface area contributed by atoms with E-state index in [4.69, 9.17) is 5.26 Å². The Labute approximate surface area is 106 Å². The van der Waals surface area contributed by atoms with E-state index in [1.165, 1.54) is 0 Å². The van der Waals surface area contributed by atoms with Gasteiger partial charge in [0.25, 0.3) is 0 Å². The average molecular weight is 271 g/mol. The maximum absolute atomic E-state index is 13.0. The first-order chi connectivity index (χ1) is 8.39. The summed E-state index contributed by atoms with van der Waals surface area (Å²) in [5.74, 6) is -0.742. The summed E-state index contributed by atoms with van der Waals surface area (Å²) in [7, 11) is -3.95. The summed E-state index contributed by atoms with van der Waals surface area (Å²) in [5.41, 5.74) is -1.18. The van der Waals surface area contributed by atoms with Gasteiger partial charge in [-0.3, -0.25) is 4.98 Å². The molecule has 1 rings (SSSR count). The zero-order chi connectivity index (χ0) is 13.8. The monoisotopic (exact) mass is 271 g/mol. The summed E-state index contributed by atoms with van der Waals surface area (Å²) in [6.45, 7) is 3.41. The van der Waals surface area contributed by atoms with Crippen molar-refractivity contribution < 1.29 is 12.8 Å². The number of pyridine rings is 1. The van der Waals surface area contributed by atoms with Gasteiger partial charge in [0.05, 0.1) is 12.3 Å². The van der Waals surface area contributed by atoms with E-state index >= 15 is 0 Å². The van der Waals surface area contributed by atoms with Crippen LogP contribution in [0, 0.1) is 17.1 Å². The molecule has 5 nitrogen and oxygen atoms in total. The SMILES string of the molecule is CCC(C#N)(CC)NS(=O)(=O)c1cncc(F)c1. The second-order valence-corrected chi connectivity index (χ2v) is 5.53. The van der Waals surface area contributed by atoms with E-state index in [0.717, 1.165) is 18.5 Å². The summed E-state index contributed by atoms with van der Waals surface area (Å²) >= 11 is 0. The molecule has 98 valence electrons. The van der Waals surface area contributed by atoms with Gasteiger partial charge in [0.15, 0.2) is 0 Å². The smallest absolute Gasteiger partial charge is 0.243 e. The standard InChI is InChI=1S/C11H14FN3O2S/c1-3-11(4-2,8-13)15-18(16,17)10-5-9(12)6-14-7-10/h5-7,15H,3-4H2,1-2H3. The number of hydrogen-bond acceptors (Lipinski definition) is 4. The Bertz CT molecular complexity index is 562. The molecule has 0 aromatic carbocycles. The molecule has 18 heavy (non-hydrogen) atoms. The molecule has 0 aliphatic heterocycles. The molecule has 1 aromatic rings. The van der Waals surface area contributed by atoms with E-state index in [1.807, 2.05) is 6.07 Å². The first-order valence-corrected chi connectivity index (χ1v) is 6.93. The fraction of sp³-hybridized carbons (Fsp3) is 0.455. The highest BCUT2D eigenvalue weighted by Gasteiger charge is 2.32. The van der Waals surface area contributed by atoms with Crippen molar-refractivity contribution in [2.45, 2.75) is 37.1 Å². The van der Waals surface area contributed by atoms with Crippen LogP contribution in [0.4, 0.5) is 4.39 Å². The third-order valence-corrected chi connectivity index (χ3v) is 4.24. The van der Waals surface area contributed by atoms with Crippen LogP contribution in [0.2, 0.25) is 0 Å². The number of sulfonamides is 1. The first-order valence-electron chi connectivity index (χ1n) is 5.45. The molecule has 0 bridgehead atoms. The van der Waals surface area contributed by atoms with Crippen molar-refractivity contribution in [3.63, 3.8) is 0 Å². The predicted molar refractivity (Wildman–Crippen MR) is 63.4 cm³/mol. The zero-order valence-corrected chi connectivity index (χ0v) is 11.0. The third kappa shape index (κ3) is 3.03. The maximum atomic E-state index is 13.0. The topological polar surface area (TPSA) is 82.9 Å². The lowest BCUT2D eigenvalue weighted by Crippen LogP contribution is -2.46. The molecule has 7 heteroatoms. The van der Waals surface area contributed by atoms with Crippen LogP contribution >= 0.6 is 0 Å². The molecule has 0 atom stereocenters. The molecule has 0 radical (unpaired) electrons. The van der Waals surface area contributed by atoms with Gasteiger partial charge in [0.2, 0.25) is 10.0 Å². The second-order valence-electron chi connectivity index (χ2n) is 3.85. The van der Waals surface area contributed by atoms with Crippen LogP contribution in [0.3, 0.4) is 0 Å². The second kappa shape index (κ2) is 5.42. The van der Waals surface area contributed by atoms with Gasteiger partial charge in [0.1, 0.15) is 16.3 Å². The molecule has 0 fully saturated rings. The quantitative estimate of drug-likeness (QED) is 0.881. The molecular weight excluding hydrogens is 257 g/mol. The molecule has 0 saturated carbocycles. The van der Waals surface area contributed by atoms with Crippen LogP contribution in [0.15, 0.2) is 23.4 Å². The zero-order valence-electron chi connectivity index (χ0n) is 10.1. The van der Waals surface area contributed by atoms with Crippen LogP contribution < -0.4 is 4.72 Å². The Morgan fingerprint density at radius 3 is 2.50 bits per heavy atom. The first kappa shape index (κ1) is 14.5. The molecular formula is C11H14FN3O2S. The van der Waals surface area contributed by atoms with Gasteiger partial charge in [-0.2, -0.15) is 9.98 Å². The average Bonchev–Trinajstić information content (AvgIpc) is 2.36. The Hall–Kier alpha value is -1.52. The van der Waals surface area contributed by atoms with E-state index < -0.39 is 21.4 Å². The number of halogens is 1. The van der Waals surface area contributed by atoms with Crippen molar-refractivity contribution in [2.24, 2.45) is 0 Å². The highest BCUT2D eigenvalue weighted by Crippen LogP contribution is 2.18. The number of aromatic nitrogens is 1. The van der Waals surface area contributed by atoms with Gasteiger partial charge < -0.3 is 0 Å². The van der Waals surface area contributed by atoms with Crippen LogP contribution in [0.1, 0.15) is 26.7 Å². The fourth-order valence-electron chi connectivity index (χ4n) is 1.43. The van der Waals surface area contributed by atoms with Crippen LogP contribution in [0.25, 0.3) is 0 Å². The summed E-state index contributed by atoms with van der Waals surface area (Å²) in [6, 6.07) is 2.81. The summed E-state index contributed by atoms with van der Waals surface area (Å²) in [5, 5.41) is 9.07. The lowest BCUT2D eigenvalue weighted by Gasteiger charge is -2.24. The number of nitrogens with zero attached hydrogens (tertiary/aromatic N) is 2. The number of nitriles is 1. The largest absolute Gasteiger partial charge is 0.260 e. The third-order valence-electron chi connectivity index (χ3n) is 2.74. The molecule has 1 heterocycles. The molecule has 0 amide bonds. The summed E-state index contributed by atoms with van der Waals surface area (Å²) in [4.78, 5) is 3.19. The van der Waals surface area contributed by atoms with E-state index in [9.17, 15) is 12.8 Å². The van der Waals surface area contributed by atoms with Crippen LogP contribution in [0.5, 0.6) is 0 Å². The normalized spacial score (nSPS) is 12.1. The molecule has 1 N–H and O–H groups in total. The van der Waals surface area contributed by atoms with Gasteiger partial charge >= 0.3 is 0 Å². The summed E-state index contributed by atoms with van der Waals surface area (Å²) < 4.78 is 39.3. The van der Waals surface area contributed by atoms with E-state index in [2.05, 4.69) is 9.71 Å². The number of hydrogen-bond donors (Lipinski definition) is 1. The van der Waals surface area contributed by atoms with Crippen LogP contribution in [-0.2, 0) is 10.0 Å². The van der Waals surface area contributed by atoms with Crippen molar-refractivity contribution in [1.29, 1.82) is 5.26 Å². The van der Waals surface area contributed by atoms with Gasteiger partial charge in [0, 0.05) is 6.20 Å². The molecule has 1 aromatic heterocycles. The Morgan fingerprint density at radius 2 is 2.06 bits per heavy atom. The van der Waals surface area contributed by atoms with Crippen LogP contribution in [-0.4, -0.2) is 18.9 Å². The minimum atomic E-state index is -3.95. The Morgan fingerprint density at radius 1 is 1.44 bits per heavy atom. The molecule has 0 unspecified atom stereocenters. The Kier molecular flexibility index (Phi) is 4.38. The Balaban J connectivity index is 3.13. The lowest BCUT2D eigenvalue weighted by atomic mass is 9.97. The van der Waals surface area contributed by atoms with Crippen molar-refractivity contribution in [1.82, 2.24) is 9.71 Å². The van der Waals surface area contributed by atoms with Gasteiger partial charge in [-0.1, -0.05) is 13.8 Å². The van der Waals surface area contributed by atoms with E-state index in [-0.39, 0.29) is 4.90 Å². The number of nitrogens with one attached hydrogen (secondary N) is 1. The van der Waals surface area contributed by atoms with E-state index in [0.29, 0.717) is 12.8 Å². The fourth-order valence-corrected chi connectivity index (χ4v) is 2.86. The molecule has 0 saturated heterocycles. The van der Waals surface area contributed by atoms with Gasteiger partial charge in [-0.15, -0.1) is 0 Å².